The van der Waals surface area contributed by atoms with Gasteiger partial charge in [0.1, 0.15) is 0 Å². The van der Waals surface area contributed by atoms with Crippen molar-refractivity contribution in [1.82, 2.24) is 15.6 Å². The van der Waals surface area contributed by atoms with Crippen molar-refractivity contribution in [2.75, 3.05) is 13.1 Å². The number of carbonyl (C=O) groups excluding carboxylic acids is 2. The van der Waals surface area contributed by atoms with Crippen molar-refractivity contribution in [1.29, 1.82) is 0 Å². The maximum atomic E-state index is 12.0. The first kappa shape index (κ1) is 13.7. The molecule has 0 radical (unpaired) electrons. The second-order valence-corrected chi connectivity index (χ2v) is 4.73. The number of nitrogens with zero attached hydrogens (tertiary/aromatic N) is 1. The summed E-state index contributed by atoms with van der Waals surface area (Å²) in [7, 11) is 0. The van der Waals surface area contributed by atoms with E-state index in [0.717, 1.165) is 19.4 Å². The molecule has 1 atom stereocenters. The van der Waals surface area contributed by atoms with Gasteiger partial charge in [-0.15, -0.1) is 0 Å². The molecule has 0 aromatic carbocycles. The van der Waals surface area contributed by atoms with Crippen LogP contribution in [-0.2, 0) is 4.79 Å². The Bertz CT molecular complexity index is 434. The van der Waals surface area contributed by atoms with E-state index in [0.29, 0.717) is 24.9 Å². The second kappa shape index (κ2) is 6.99. The molecule has 2 N–H and O–H groups in total. The van der Waals surface area contributed by atoms with E-state index < -0.39 is 0 Å². The van der Waals surface area contributed by atoms with Crippen molar-refractivity contribution < 1.29 is 9.59 Å². The number of nitrogens with one attached hydrogen (secondary N) is 2. The van der Waals surface area contributed by atoms with Crippen LogP contribution in [0.2, 0.25) is 0 Å². The Morgan fingerprint density at radius 3 is 3.05 bits per heavy atom. The maximum absolute atomic E-state index is 12.0. The minimum atomic E-state index is -0.368. The quantitative estimate of drug-likeness (QED) is 0.830. The first-order valence-corrected chi connectivity index (χ1v) is 6.71. The third-order valence-corrected chi connectivity index (χ3v) is 3.26. The van der Waals surface area contributed by atoms with E-state index in [-0.39, 0.29) is 17.7 Å². The molecule has 1 amide bonds. The van der Waals surface area contributed by atoms with E-state index in [9.17, 15) is 9.59 Å². The Hall–Kier alpha value is -1.75. The molecule has 5 nitrogen and oxygen atoms in total. The third kappa shape index (κ3) is 4.13. The monoisotopic (exact) mass is 261 g/mol. The minimum absolute atomic E-state index is 0.103. The van der Waals surface area contributed by atoms with E-state index in [1.807, 2.05) is 0 Å². The SMILES string of the molecule is O=C(NC1CCCCNCCC1=O)c1cccnc1. The van der Waals surface area contributed by atoms with Crippen LogP contribution in [0.3, 0.4) is 0 Å². The Morgan fingerprint density at radius 1 is 1.37 bits per heavy atom. The number of Topliss-reactive ketones (excluding diaryl/α,β-unsaturated/α-hetero) is 1. The van der Waals surface area contributed by atoms with Crippen LogP contribution in [0, 0.1) is 0 Å². The molecule has 2 heterocycles. The number of aromatic nitrogens is 1. The number of hydrogen-bond acceptors (Lipinski definition) is 4. The van der Waals surface area contributed by atoms with Gasteiger partial charge in [-0.1, -0.05) is 0 Å². The fourth-order valence-electron chi connectivity index (χ4n) is 2.16. The van der Waals surface area contributed by atoms with Gasteiger partial charge in [0, 0.05) is 25.4 Å². The zero-order valence-corrected chi connectivity index (χ0v) is 10.9. The molecule has 1 saturated heterocycles. The molecule has 5 heteroatoms. The molecule has 1 aromatic heterocycles. The second-order valence-electron chi connectivity index (χ2n) is 4.73. The van der Waals surface area contributed by atoms with Gasteiger partial charge in [-0.05, 0) is 37.9 Å². The Kier molecular flexibility index (Phi) is 5.03. The highest BCUT2D eigenvalue weighted by Gasteiger charge is 2.21. The molecule has 1 aliphatic heterocycles. The lowest BCUT2D eigenvalue weighted by Crippen LogP contribution is -2.41. The Morgan fingerprint density at radius 2 is 2.26 bits per heavy atom. The predicted molar refractivity (Wildman–Crippen MR) is 71.8 cm³/mol. The molecule has 1 aromatic rings. The summed E-state index contributed by atoms with van der Waals surface area (Å²) < 4.78 is 0. The lowest BCUT2D eigenvalue weighted by atomic mass is 10.0. The van der Waals surface area contributed by atoms with Crippen molar-refractivity contribution in [3.63, 3.8) is 0 Å². The van der Waals surface area contributed by atoms with E-state index in [1.54, 1.807) is 18.3 Å². The number of amides is 1. The molecule has 0 saturated carbocycles. The van der Waals surface area contributed by atoms with E-state index in [1.165, 1.54) is 6.20 Å². The summed E-state index contributed by atoms with van der Waals surface area (Å²) in [6, 6.07) is 3.04. The van der Waals surface area contributed by atoms with Crippen LogP contribution in [0.15, 0.2) is 24.5 Å². The Balaban J connectivity index is 1.98. The number of carbonyl (C=O) groups is 2. The highest BCUT2D eigenvalue weighted by molar-refractivity contribution is 5.97. The predicted octanol–water partition coefficient (Wildman–Crippen LogP) is 0.913. The van der Waals surface area contributed by atoms with Gasteiger partial charge in [-0.3, -0.25) is 14.6 Å². The molecule has 1 unspecified atom stereocenters. The number of rotatable bonds is 2. The number of pyridine rings is 1. The molecule has 2 rings (SSSR count). The first-order valence-electron chi connectivity index (χ1n) is 6.71. The minimum Gasteiger partial charge on any atom is -0.342 e. The lowest BCUT2D eigenvalue weighted by Gasteiger charge is -2.16. The molecule has 102 valence electrons. The van der Waals surface area contributed by atoms with Crippen LogP contribution in [0.1, 0.15) is 36.0 Å². The maximum Gasteiger partial charge on any atom is 0.253 e. The molecular formula is C14H19N3O2. The number of hydrogen-bond donors (Lipinski definition) is 2. The molecule has 19 heavy (non-hydrogen) atoms. The van der Waals surface area contributed by atoms with Crippen LogP contribution in [0.5, 0.6) is 0 Å². The smallest absolute Gasteiger partial charge is 0.253 e. The first-order chi connectivity index (χ1) is 9.27. The lowest BCUT2D eigenvalue weighted by molar-refractivity contribution is -0.120. The molecule has 0 bridgehead atoms. The summed E-state index contributed by atoms with van der Waals surface area (Å²) in [5.41, 5.74) is 0.494. The van der Waals surface area contributed by atoms with Crippen molar-refractivity contribution in [3.05, 3.63) is 30.1 Å². The van der Waals surface area contributed by atoms with Crippen LogP contribution in [0.25, 0.3) is 0 Å². The summed E-state index contributed by atoms with van der Waals surface area (Å²) in [5, 5.41) is 6.04. The van der Waals surface area contributed by atoms with E-state index in [4.69, 9.17) is 0 Å². The van der Waals surface area contributed by atoms with E-state index >= 15 is 0 Å². The van der Waals surface area contributed by atoms with Gasteiger partial charge in [0.2, 0.25) is 0 Å². The van der Waals surface area contributed by atoms with Gasteiger partial charge >= 0.3 is 0 Å². The summed E-state index contributed by atoms with van der Waals surface area (Å²) in [5.74, 6) is -0.120. The fourth-order valence-corrected chi connectivity index (χ4v) is 2.16. The van der Waals surface area contributed by atoms with Crippen molar-refractivity contribution >= 4 is 11.7 Å². The van der Waals surface area contributed by atoms with Gasteiger partial charge in [-0.25, -0.2) is 0 Å². The standard InChI is InChI=1S/C14H19N3O2/c18-13-6-9-15-7-2-1-5-12(13)17-14(19)11-4-3-8-16-10-11/h3-4,8,10,12,15H,1-2,5-7,9H2,(H,17,19). The highest BCUT2D eigenvalue weighted by atomic mass is 16.2. The summed E-state index contributed by atoms with van der Waals surface area (Å²) in [6.45, 7) is 1.63. The molecule has 0 spiro atoms. The summed E-state index contributed by atoms with van der Waals surface area (Å²) in [4.78, 5) is 28.0. The van der Waals surface area contributed by atoms with E-state index in [2.05, 4.69) is 15.6 Å². The Labute approximate surface area is 112 Å². The van der Waals surface area contributed by atoms with Gasteiger partial charge in [0.15, 0.2) is 5.78 Å². The topological polar surface area (TPSA) is 71.1 Å². The average Bonchev–Trinajstić information content (AvgIpc) is 2.54. The van der Waals surface area contributed by atoms with Crippen LogP contribution in [0.4, 0.5) is 0 Å². The largest absolute Gasteiger partial charge is 0.342 e. The van der Waals surface area contributed by atoms with Crippen molar-refractivity contribution in [3.8, 4) is 0 Å². The average molecular weight is 261 g/mol. The highest BCUT2D eigenvalue weighted by Crippen LogP contribution is 2.07. The zero-order valence-electron chi connectivity index (χ0n) is 10.9. The van der Waals surface area contributed by atoms with Gasteiger partial charge in [-0.2, -0.15) is 0 Å². The summed E-state index contributed by atoms with van der Waals surface area (Å²) >= 11 is 0. The number of ketones is 1. The normalized spacial score (nSPS) is 21.1. The molecule has 1 aliphatic rings. The van der Waals surface area contributed by atoms with Crippen LogP contribution >= 0.6 is 0 Å². The summed E-state index contributed by atoms with van der Waals surface area (Å²) in [6.07, 6.45) is 6.29. The van der Waals surface area contributed by atoms with Crippen molar-refractivity contribution in [2.24, 2.45) is 0 Å². The van der Waals surface area contributed by atoms with Crippen molar-refractivity contribution in [2.45, 2.75) is 31.7 Å². The van der Waals surface area contributed by atoms with Gasteiger partial charge in [0.05, 0.1) is 11.6 Å². The molecule has 1 fully saturated rings. The van der Waals surface area contributed by atoms with Crippen LogP contribution in [-0.4, -0.2) is 35.8 Å². The fraction of sp³-hybridized carbons (Fsp3) is 0.500. The molecular weight excluding hydrogens is 242 g/mol. The molecule has 0 aliphatic carbocycles. The van der Waals surface area contributed by atoms with Gasteiger partial charge < -0.3 is 10.6 Å². The van der Waals surface area contributed by atoms with Crippen LogP contribution < -0.4 is 10.6 Å². The van der Waals surface area contributed by atoms with Gasteiger partial charge in [0.25, 0.3) is 5.91 Å². The third-order valence-electron chi connectivity index (χ3n) is 3.26. The zero-order chi connectivity index (χ0) is 13.5.